The average molecular weight is 288 g/mol. The molecule has 4 rings (SSSR count). The van der Waals surface area contributed by atoms with Crippen LogP contribution in [0.2, 0.25) is 0 Å². The largest absolute Gasteiger partial charge is 0.398 e. The first-order chi connectivity index (χ1) is 10.8. The lowest BCUT2D eigenvalue weighted by molar-refractivity contribution is 0.538. The van der Waals surface area contributed by atoms with Crippen LogP contribution in [0.5, 0.6) is 0 Å². The molecule has 2 N–H and O–H groups in total. The van der Waals surface area contributed by atoms with Gasteiger partial charge in [0.2, 0.25) is 0 Å². The number of fused-ring (bicyclic) bond motifs is 2. The maximum atomic E-state index is 6.46. The summed E-state index contributed by atoms with van der Waals surface area (Å²) < 4.78 is 0. The smallest absolute Gasteiger partial charge is 0.0726 e. The Bertz CT molecular complexity index is 809. The van der Waals surface area contributed by atoms with E-state index in [1.807, 2.05) is 12.1 Å². The standard InChI is InChI=1S/C20H20N2/c21-19-16-10-4-5-12-18(16)22-20-15(9-6-11-17(19)20)13-14-7-2-1-3-8-14/h1-5,7-8,10,12,15H,6,9,11,13H2,(H2,21,22). The number of nitrogens with zero attached hydrogens (tertiary/aromatic N) is 1. The first-order valence-electron chi connectivity index (χ1n) is 8.04. The molecule has 0 saturated carbocycles. The molecule has 22 heavy (non-hydrogen) atoms. The molecule has 0 spiro atoms. The van der Waals surface area contributed by atoms with Gasteiger partial charge in [0.15, 0.2) is 0 Å². The number of hydrogen-bond donors (Lipinski definition) is 1. The number of para-hydroxylation sites is 1. The second-order valence-corrected chi connectivity index (χ2v) is 6.19. The number of rotatable bonds is 2. The fourth-order valence-electron chi connectivity index (χ4n) is 3.66. The molecule has 3 aromatic rings. The molecular weight excluding hydrogens is 268 g/mol. The topological polar surface area (TPSA) is 38.9 Å². The summed E-state index contributed by atoms with van der Waals surface area (Å²) in [5.41, 5.74) is 12.3. The van der Waals surface area contributed by atoms with Crippen molar-refractivity contribution in [3.8, 4) is 0 Å². The third kappa shape index (κ3) is 2.25. The summed E-state index contributed by atoms with van der Waals surface area (Å²) in [5, 5.41) is 1.10. The van der Waals surface area contributed by atoms with E-state index in [2.05, 4.69) is 42.5 Å². The van der Waals surface area contributed by atoms with Gasteiger partial charge in [-0.05, 0) is 42.9 Å². The number of hydrogen-bond acceptors (Lipinski definition) is 2. The van der Waals surface area contributed by atoms with Gasteiger partial charge in [-0.25, -0.2) is 0 Å². The highest BCUT2D eigenvalue weighted by molar-refractivity contribution is 5.92. The van der Waals surface area contributed by atoms with Crippen molar-refractivity contribution in [3.05, 3.63) is 71.4 Å². The Hall–Kier alpha value is -2.35. The lowest BCUT2D eigenvalue weighted by Crippen LogP contribution is -2.16. The minimum absolute atomic E-state index is 0.484. The van der Waals surface area contributed by atoms with Gasteiger partial charge in [0.05, 0.1) is 5.52 Å². The molecule has 110 valence electrons. The molecule has 0 amide bonds. The molecule has 0 saturated heterocycles. The Morgan fingerprint density at radius 2 is 1.77 bits per heavy atom. The van der Waals surface area contributed by atoms with E-state index >= 15 is 0 Å². The highest BCUT2D eigenvalue weighted by Crippen LogP contribution is 2.38. The van der Waals surface area contributed by atoms with Gasteiger partial charge in [-0.3, -0.25) is 4.98 Å². The normalized spacial score (nSPS) is 17.4. The molecule has 0 aliphatic heterocycles. The van der Waals surface area contributed by atoms with Gasteiger partial charge >= 0.3 is 0 Å². The summed E-state index contributed by atoms with van der Waals surface area (Å²) in [4.78, 5) is 4.97. The van der Waals surface area contributed by atoms with Crippen molar-refractivity contribution in [2.75, 3.05) is 5.73 Å². The van der Waals surface area contributed by atoms with E-state index in [1.165, 1.54) is 29.7 Å². The molecule has 1 aliphatic rings. The van der Waals surface area contributed by atoms with Gasteiger partial charge < -0.3 is 5.73 Å². The highest BCUT2D eigenvalue weighted by atomic mass is 14.7. The molecule has 2 heteroatoms. The van der Waals surface area contributed by atoms with Crippen molar-refractivity contribution in [1.82, 2.24) is 4.98 Å². The van der Waals surface area contributed by atoms with Crippen molar-refractivity contribution in [2.45, 2.75) is 31.6 Å². The maximum absolute atomic E-state index is 6.46. The van der Waals surface area contributed by atoms with Gasteiger partial charge in [-0.1, -0.05) is 48.5 Å². The molecule has 1 heterocycles. The molecule has 1 unspecified atom stereocenters. The van der Waals surface area contributed by atoms with Crippen LogP contribution in [-0.4, -0.2) is 4.98 Å². The van der Waals surface area contributed by atoms with Gasteiger partial charge in [0.25, 0.3) is 0 Å². The van der Waals surface area contributed by atoms with Crippen molar-refractivity contribution in [2.24, 2.45) is 0 Å². The van der Waals surface area contributed by atoms with Gasteiger partial charge in [-0.2, -0.15) is 0 Å². The van der Waals surface area contributed by atoms with Crippen molar-refractivity contribution < 1.29 is 0 Å². The van der Waals surface area contributed by atoms with Crippen LogP contribution in [0.1, 0.15) is 35.6 Å². The Kier molecular flexibility index (Phi) is 3.30. The second-order valence-electron chi connectivity index (χ2n) is 6.19. The fourth-order valence-corrected chi connectivity index (χ4v) is 3.66. The van der Waals surface area contributed by atoms with Gasteiger partial charge in [-0.15, -0.1) is 0 Å². The summed E-state index contributed by atoms with van der Waals surface area (Å²) >= 11 is 0. The van der Waals surface area contributed by atoms with E-state index in [-0.39, 0.29) is 0 Å². The summed E-state index contributed by atoms with van der Waals surface area (Å²) in [7, 11) is 0. The number of nitrogens with two attached hydrogens (primary N) is 1. The van der Waals surface area contributed by atoms with Crippen LogP contribution in [0, 0.1) is 0 Å². The van der Waals surface area contributed by atoms with E-state index < -0.39 is 0 Å². The van der Waals surface area contributed by atoms with Crippen LogP contribution in [0.3, 0.4) is 0 Å². The van der Waals surface area contributed by atoms with Crippen molar-refractivity contribution >= 4 is 16.6 Å². The molecule has 0 fully saturated rings. The summed E-state index contributed by atoms with van der Waals surface area (Å²) in [6.07, 6.45) is 4.52. The number of nitrogen functional groups attached to an aromatic ring is 1. The van der Waals surface area contributed by atoms with E-state index in [0.29, 0.717) is 5.92 Å². The van der Waals surface area contributed by atoms with E-state index in [0.717, 1.165) is 29.4 Å². The van der Waals surface area contributed by atoms with Gasteiger partial charge in [0.1, 0.15) is 0 Å². The third-order valence-electron chi connectivity index (χ3n) is 4.76. The zero-order valence-corrected chi connectivity index (χ0v) is 12.6. The average Bonchev–Trinajstić information content (AvgIpc) is 2.57. The monoisotopic (exact) mass is 288 g/mol. The Morgan fingerprint density at radius 3 is 2.64 bits per heavy atom. The quantitative estimate of drug-likeness (QED) is 0.755. The van der Waals surface area contributed by atoms with E-state index in [9.17, 15) is 0 Å². The van der Waals surface area contributed by atoms with Crippen molar-refractivity contribution in [1.29, 1.82) is 0 Å². The molecule has 1 aliphatic carbocycles. The lowest BCUT2D eigenvalue weighted by atomic mass is 9.81. The zero-order chi connectivity index (χ0) is 14.9. The molecule has 1 atom stereocenters. The molecule has 0 radical (unpaired) electrons. The zero-order valence-electron chi connectivity index (χ0n) is 12.6. The number of aromatic nitrogens is 1. The molecule has 2 nitrogen and oxygen atoms in total. The van der Waals surface area contributed by atoms with Crippen molar-refractivity contribution in [3.63, 3.8) is 0 Å². The Labute approximate surface area is 131 Å². The number of anilines is 1. The fraction of sp³-hybridized carbons (Fsp3) is 0.250. The minimum atomic E-state index is 0.484. The minimum Gasteiger partial charge on any atom is -0.398 e. The van der Waals surface area contributed by atoms with E-state index in [1.54, 1.807) is 0 Å². The molecule has 0 bridgehead atoms. The highest BCUT2D eigenvalue weighted by Gasteiger charge is 2.25. The van der Waals surface area contributed by atoms with Crippen LogP contribution in [-0.2, 0) is 12.8 Å². The predicted octanol–water partition coefficient (Wildman–Crippen LogP) is 4.48. The number of benzene rings is 2. The first kappa shape index (κ1) is 13.3. The number of pyridine rings is 1. The van der Waals surface area contributed by atoms with Crippen LogP contribution >= 0.6 is 0 Å². The van der Waals surface area contributed by atoms with Crippen LogP contribution in [0.4, 0.5) is 5.69 Å². The van der Waals surface area contributed by atoms with Crippen LogP contribution in [0.25, 0.3) is 10.9 Å². The summed E-state index contributed by atoms with van der Waals surface area (Å²) in [5.74, 6) is 0.484. The Balaban J connectivity index is 1.80. The molecule has 1 aromatic heterocycles. The maximum Gasteiger partial charge on any atom is 0.0726 e. The lowest BCUT2D eigenvalue weighted by Gasteiger charge is -2.26. The van der Waals surface area contributed by atoms with Crippen LogP contribution in [0.15, 0.2) is 54.6 Å². The SMILES string of the molecule is Nc1c2c(nc3ccccc13)C(Cc1ccccc1)CCC2. The summed E-state index contributed by atoms with van der Waals surface area (Å²) in [6.45, 7) is 0. The molecular formula is C20H20N2. The summed E-state index contributed by atoms with van der Waals surface area (Å²) in [6, 6.07) is 18.9. The first-order valence-corrected chi connectivity index (χ1v) is 8.04. The van der Waals surface area contributed by atoms with Gasteiger partial charge in [0, 0.05) is 22.7 Å². The Morgan fingerprint density at radius 1 is 1.00 bits per heavy atom. The molecule has 2 aromatic carbocycles. The van der Waals surface area contributed by atoms with Crippen LogP contribution < -0.4 is 5.73 Å². The van der Waals surface area contributed by atoms with E-state index in [4.69, 9.17) is 10.7 Å². The predicted molar refractivity (Wildman–Crippen MR) is 92.0 cm³/mol. The third-order valence-corrected chi connectivity index (χ3v) is 4.76. The second kappa shape index (κ2) is 5.45.